The number of aliphatic hydroxyl groups is 1. The highest BCUT2D eigenvalue weighted by Gasteiger charge is 2.47. The number of nitrogens with zero attached hydrogens (tertiary/aromatic N) is 2. The van der Waals surface area contributed by atoms with Crippen LogP contribution >= 0.6 is 0 Å². The summed E-state index contributed by atoms with van der Waals surface area (Å²) in [5, 5.41) is 9.21. The van der Waals surface area contributed by atoms with Gasteiger partial charge in [-0.1, -0.05) is 0 Å². The molecule has 0 bridgehead atoms. The number of aliphatic hydroxyl groups excluding tert-OH is 1. The molecule has 0 aromatic heterocycles. The lowest BCUT2D eigenvalue weighted by Gasteiger charge is -2.41. The molecule has 1 aliphatic heterocycles. The number of hydrogen-bond acceptors (Lipinski definition) is 3. The summed E-state index contributed by atoms with van der Waals surface area (Å²) >= 11 is 0. The van der Waals surface area contributed by atoms with Gasteiger partial charge in [0.05, 0.1) is 6.04 Å². The van der Waals surface area contributed by atoms with E-state index in [1.807, 2.05) is 11.9 Å². The first kappa shape index (κ1) is 12.8. The first-order valence-corrected chi connectivity index (χ1v) is 6.61. The zero-order valence-corrected chi connectivity index (χ0v) is 11.1. The van der Waals surface area contributed by atoms with Crippen molar-refractivity contribution in [2.45, 2.75) is 57.2 Å². The summed E-state index contributed by atoms with van der Waals surface area (Å²) in [7, 11) is 1.87. The van der Waals surface area contributed by atoms with Crippen molar-refractivity contribution in [3.63, 3.8) is 0 Å². The third kappa shape index (κ3) is 2.47. The maximum Gasteiger partial charge on any atom is 0.239 e. The molecule has 4 nitrogen and oxygen atoms in total. The quantitative estimate of drug-likeness (QED) is 0.795. The number of amides is 1. The van der Waals surface area contributed by atoms with Gasteiger partial charge in [0.25, 0.3) is 0 Å². The Morgan fingerprint density at radius 3 is 2.59 bits per heavy atom. The third-order valence-electron chi connectivity index (χ3n) is 4.10. The second-order valence-electron chi connectivity index (χ2n) is 5.99. The highest BCUT2D eigenvalue weighted by Crippen LogP contribution is 2.38. The van der Waals surface area contributed by atoms with Gasteiger partial charge in [0.2, 0.25) is 5.91 Å². The zero-order valence-electron chi connectivity index (χ0n) is 11.1. The van der Waals surface area contributed by atoms with Gasteiger partial charge in [0.15, 0.2) is 0 Å². The number of rotatable bonds is 3. The van der Waals surface area contributed by atoms with Crippen LogP contribution in [0.2, 0.25) is 0 Å². The molecule has 0 spiro atoms. The number of carbonyl (C=O) groups is 1. The van der Waals surface area contributed by atoms with E-state index < -0.39 is 0 Å². The molecule has 17 heavy (non-hydrogen) atoms. The normalized spacial score (nSPS) is 30.5. The molecule has 0 aromatic carbocycles. The molecule has 1 atom stereocenters. The summed E-state index contributed by atoms with van der Waals surface area (Å²) in [4.78, 5) is 16.5. The Labute approximate surface area is 104 Å². The van der Waals surface area contributed by atoms with Crippen molar-refractivity contribution >= 4 is 5.91 Å². The Kier molecular flexibility index (Phi) is 3.46. The Hall–Kier alpha value is -0.610. The highest BCUT2D eigenvalue weighted by atomic mass is 16.3. The van der Waals surface area contributed by atoms with E-state index in [1.165, 1.54) is 12.8 Å². The van der Waals surface area contributed by atoms with E-state index in [2.05, 4.69) is 18.7 Å². The van der Waals surface area contributed by atoms with Gasteiger partial charge in [0.1, 0.15) is 0 Å². The monoisotopic (exact) mass is 240 g/mol. The van der Waals surface area contributed by atoms with Gasteiger partial charge in [-0.2, -0.15) is 0 Å². The van der Waals surface area contributed by atoms with Gasteiger partial charge in [-0.3, -0.25) is 9.69 Å². The second kappa shape index (κ2) is 4.58. The summed E-state index contributed by atoms with van der Waals surface area (Å²) in [5.74, 6) is 0.177. The van der Waals surface area contributed by atoms with Crippen LogP contribution in [0.25, 0.3) is 0 Å². The van der Waals surface area contributed by atoms with Gasteiger partial charge in [-0.05, 0) is 39.5 Å². The summed E-state index contributed by atoms with van der Waals surface area (Å²) in [6.07, 6.45) is 3.96. The van der Waals surface area contributed by atoms with E-state index in [4.69, 9.17) is 0 Å². The molecule has 0 aromatic rings. The number of likely N-dealkylation sites (N-methyl/N-ethyl adjacent to an activating group) is 1. The van der Waals surface area contributed by atoms with Gasteiger partial charge < -0.3 is 10.0 Å². The van der Waals surface area contributed by atoms with E-state index in [0.717, 1.165) is 13.0 Å². The second-order valence-corrected chi connectivity index (χ2v) is 5.99. The molecule has 4 heteroatoms. The maximum absolute atomic E-state index is 12.3. The minimum absolute atomic E-state index is 0.0570. The summed E-state index contributed by atoms with van der Waals surface area (Å²) in [5.41, 5.74) is 0.0570. The number of carbonyl (C=O) groups excluding carboxylic acids is 1. The van der Waals surface area contributed by atoms with Crippen LogP contribution in [0.15, 0.2) is 0 Å². The summed E-state index contributed by atoms with van der Waals surface area (Å²) in [6.45, 7) is 5.35. The lowest BCUT2D eigenvalue weighted by molar-refractivity contribution is -0.136. The minimum atomic E-state index is -0.130. The third-order valence-corrected chi connectivity index (χ3v) is 4.10. The zero-order chi connectivity index (χ0) is 12.6. The molecule has 1 saturated carbocycles. The van der Waals surface area contributed by atoms with Crippen LogP contribution in [-0.4, -0.2) is 58.6 Å². The van der Waals surface area contributed by atoms with Crippen LogP contribution in [0.1, 0.15) is 39.5 Å². The molecule has 1 heterocycles. The molecule has 98 valence electrons. The van der Waals surface area contributed by atoms with Crippen LogP contribution < -0.4 is 0 Å². The van der Waals surface area contributed by atoms with Crippen molar-refractivity contribution in [2.24, 2.45) is 0 Å². The van der Waals surface area contributed by atoms with Crippen molar-refractivity contribution in [3.8, 4) is 0 Å². The van der Waals surface area contributed by atoms with Crippen molar-refractivity contribution in [3.05, 3.63) is 0 Å². The van der Waals surface area contributed by atoms with Crippen LogP contribution in [-0.2, 0) is 4.79 Å². The van der Waals surface area contributed by atoms with Crippen LogP contribution in [0.4, 0.5) is 0 Å². The highest BCUT2D eigenvalue weighted by molar-refractivity contribution is 5.82. The molecule has 1 unspecified atom stereocenters. The van der Waals surface area contributed by atoms with Gasteiger partial charge in [-0.25, -0.2) is 0 Å². The van der Waals surface area contributed by atoms with Crippen molar-refractivity contribution in [2.75, 3.05) is 20.2 Å². The smallest absolute Gasteiger partial charge is 0.239 e. The standard InChI is InChI=1S/C13H24N2O2/c1-13(2)7-8-14(3)12(17)11(6-9-16)15(13)10-4-5-10/h10-11,16H,4-9H2,1-3H3. The molecular weight excluding hydrogens is 216 g/mol. The lowest BCUT2D eigenvalue weighted by atomic mass is 9.95. The average molecular weight is 240 g/mol. The van der Waals surface area contributed by atoms with E-state index in [-0.39, 0.29) is 24.1 Å². The molecule has 2 aliphatic rings. The van der Waals surface area contributed by atoms with Crippen molar-refractivity contribution in [1.82, 2.24) is 9.80 Å². The molecule has 1 amide bonds. The predicted molar refractivity (Wildman–Crippen MR) is 66.7 cm³/mol. The summed E-state index contributed by atoms with van der Waals surface area (Å²) < 4.78 is 0. The van der Waals surface area contributed by atoms with Crippen LogP contribution in [0.5, 0.6) is 0 Å². The maximum atomic E-state index is 12.3. The van der Waals surface area contributed by atoms with Crippen molar-refractivity contribution < 1.29 is 9.90 Å². The van der Waals surface area contributed by atoms with E-state index >= 15 is 0 Å². The first-order chi connectivity index (χ1) is 7.97. The Morgan fingerprint density at radius 2 is 2.06 bits per heavy atom. The van der Waals surface area contributed by atoms with Gasteiger partial charge in [-0.15, -0.1) is 0 Å². The van der Waals surface area contributed by atoms with Crippen LogP contribution in [0.3, 0.4) is 0 Å². The largest absolute Gasteiger partial charge is 0.396 e. The van der Waals surface area contributed by atoms with Gasteiger partial charge in [0, 0.05) is 31.8 Å². The molecule has 0 radical (unpaired) electrons. The molecule has 1 N–H and O–H groups in total. The fourth-order valence-corrected chi connectivity index (χ4v) is 2.96. The molecule has 1 aliphatic carbocycles. The minimum Gasteiger partial charge on any atom is -0.396 e. The predicted octanol–water partition coefficient (Wildman–Crippen LogP) is 0.842. The molecule has 1 saturated heterocycles. The Bertz CT molecular complexity index is 300. The molecular formula is C13H24N2O2. The number of hydrogen-bond donors (Lipinski definition) is 1. The Balaban J connectivity index is 2.27. The first-order valence-electron chi connectivity index (χ1n) is 6.61. The van der Waals surface area contributed by atoms with E-state index in [0.29, 0.717) is 12.5 Å². The average Bonchev–Trinajstić information content (AvgIpc) is 3.07. The molecule has 2 rings (SSSR count). The SMILES string of the molecule is CN1CCC(C)(C)N(C2CC2)C(CCO)C1=O. The molecule has 2 fully saturated rings. The van der Waals surface area contributed by atoms with Crippen LogP contribution in [0, 0.1) is 0 Å². The van der Waals surface area contributed by atoms with E-state index in [1.54, 1.807) is 0 Å². The summed E-state index contributed by atoms with van der Waals surface area (Å²) in [6, 6.07) is 0.423. The fraction of sp³-hybridized carbons (Fsp3) is 0.923. The lowest BCUT2D eigenvalue weighted by Crippen LogP contribution is -2.54. The van der Waals surface area contributed by atoms with Crippen molar-refractivity contribution in [1.29, 1.82) is 0 Å². The Morgan fingerprint density at radius 1 is 1.41 bits per heavy atom. The topological polar surface area (TPSA) is 43.8 Å². The van der Waals surface area contributed by atoms with Gasteiger partial charge >= 0.3 is 0 Å². The fourth-order valence-electron chi connectivity index (χ4n) is 2.96. The van der Waals surface area contributed by atoms with E-state index in [9.17, 15) is 9.90 Å².